The lowest BCUT2D eigenvalue weighted by molar-refractivity contribution is 0.00880. The Morgan fingerprint density at radius 1 is 1.19 bits per heavy atom. The molecule has 1 saturated heterocycles. The molecule has 0 radical (unpaired) electrons. The van der Waals surface area contributed by atoms with Crippen molar-refractivity contribution in [2.75, 3.05) is 45.8 Å². The van der Waals surface area contributed by atoms with Gasteiger partial charge < -0.3 is 24.3 Å². The van der Waals surface area contributed by atoms with Gasteiger partial charge in [0, 0.05) is 37.3 Å². The molecule has 2 atom stereocenters. The standard InChI is InChI=1S/C24H30N6O2/c1-15-13-32-18(11-29(2)3)12-30(15)17-6-8-21-22(10-17)26-24(25-21)23-19-9-16(14-31-4)5-7-20(19)27-28-23/h5-10,15,18H,11-14H2,1-4H3,(H,25,26)(H,27,28). The molecule has 5 rings (SSSR count). The van der Waals surface area contributed by atoms with Crippen LogP contribution in [0.15, 0.2) is 36.4 Å². The first kappa shape index (κ1) is 20.9. The van der Waals surface area contributed by atoms with Crippen molar-refractivity contribution in [2.24, 2.45) is 0 Å². The lowest BCUT2D eigenvalue weighted by atomic mass is 10.1. The Labute approximate surface area is 187 Å². The van der Waals surface area contributed by atoms with Crippen molar-refractivity contribution in [3.8, 4) is 11.5 Å². The highest BCUT2D eigenvalue weighted by Gasteiger charge is 2.27. The summed E-state index contributed by atoms with van der Waals surface area (Å²) in [5, 5.41) is 8.68. The van der Waals surface area contributed by atoms with Crippen LogP contribution in [0.2, 0.25) is 0 Å². The summed E-state index contributed by atoms with van der Waals surface area (Å²) < 4.78 is 11.3. The molecule has 0 aliphatic carbocycles. The Bertz CT molecular complexity index is 1230. The normalized spacial score (nSPS) is 19.5. The molecule has 0 saturated carbocycles. The maximum absolute atomic E-state index is 6.04. The number of ether oxygens (including phenoxy) is 2. The van der Waals surface area contributed by atoms with Gasteiger partial charge in [-0.05, 0) is 56.9 Å². The fraction of sp³-hybridized carbons (Fsp3) is 0.417. The topological polar surface area (TPSA) is 82.3 Å². The van der Waals surface area contributed by atoms with Gasteiger partial charge in [0.15, 0.2) is 5.82 Å². The van der Waals surface area contributed by atoms with Crippen LogP contribution in [0.25, 0.3) is 33.5 Å². The largest absolute Gasteiger partial charge is 0.380 e. The first-order chi connectivity index (χ1) is 15.5. The summed E-state index contributed by atoms with van der Waals surface area (Å²) in [5.74, 6) is 0.762. The highest BCUT2D eigenvalue weighted by atomic mass is 16.5. The van der Waals surface area contributed by atoms with E-state index in [1.54, 1.807) is 7.11 Å². The maximum atomic E-state index is 6.04. The van der Waals surface area contributed by atoms with Crippen LogP contribution in [0.4, 0.5) is 5.69 Å². The summed E-state index contributed by atoms with van der Waals surface area (Å²) in [4.78, 5) is 12.9. The van der Waals surface area contributed by atoms with Crippen LogP contribution in [0.1, 0.15) is 12.5 Å². The van der Waals surface area contributed by atoms with Crippen molar-refractivity contribution < 1.29 is 9.47 Å². The van der Waals surface area contributed by atoms with Crippen LogP contribution in [-0.2, 0) is 16.1 Å². The molecule has 8 nitrogen and oxygen atoms in total. The molecule has 32 heavy (non-hydrogen) atoms. The number of likely N-dealkylation sites (N-methyl/N-ethyl adjacent to an activating group) is 1. The van der Waals surface area contributed by atoms with E-state index in [2.05, 4.69) is 70.3 Å². The second-order valence-electron chi connectivity index (χ2n) is 8.89. The number of H-pyrrole nitrogens is 2. The smallest absolute Gasteiger partial charge is 0.159 e. The van der Waals surface area contributed by atoms with E-state index in [-0.39, 0.29) is 6.10 Å². The van der Waals surface area contributed by atoms with E-state index in [0.717, 1.165) is 58.7 Å². The summed E-state index contributed by atoms with van der Waals surface area (Å²) in [5.41, 5.74) is 6.02. The van der Waals surface area contributed by atoms with Crippen LogP contribution >= 0.6 is 0 Å². The Balaban J connectivity index is 1.47. The molecule has 2 aromatic carbocycles. The predicted molar refractivity (Wildman–Crippen MR) is 127 cm³/mol. The lowest BCUT2D eigenvalue weighted by Crippen LogP contribution is -2.51. The van der Waals surface area contributed by atoms with Gasteiger partial charge in [-0.3, -0.25) is 5.10 Å². The van der Waals surface area contributed by atoms with Crippen LogP contribution in [0, 0.1) is 0 Å². The zero-order valence-corrected chi connectivity index (χ0v) is 19.1. The zero-order chi connectivity index (χ0) is 22.2. The maximum Gasteiger partial charge on any atom is 0.159 e. The highest BCUT2D eigenvalue weighted by Crippen LogP contribution is 2.30. The number of nitrogens with one attached hydrogen (secondary N) is 2. The van der Waals surface area contributed by atoms with Crippen LogP contribution < -0.4 is 4.90 Å². The number of aromatic amines is 2. The summed E-state index contributed by atoms with van der Waals surface area (Å²) in [7, 11) is 5.87. The molecule has 3 heterocycles. The van der Waals surface area contributed by atoms with Crippen molar-refractivity contribution in [1.82, 2.24) is 25.1 Å². The van der Waals surface area contributed by atoms with Crippen molar-refractivity contribution in [3.63, 3.8) is 0 Å². The molecule has 0 bridgehead atoms. The van der Waals surface area contributed by atoms with E-state index in [1.165, 1.54) is 5.69 Å². The molecule has 168 valence electrons. The number of methoxy groups -OCH3 is 1. The molecule has 2 aromatic heterocycles. The minimum Gasteiger partial charge on any atom is -0.380 e. The number of fused-ring (bicyclic) bond motifs is 2. The number of aromatic nitrogens is 4. The number of morpholine rings is 1. The van der Waals surface area contributed by atoms with E-state index >= 15 is 0 Å². The monoisotopic (exact) mass is 434 g/mol. The molecule has 1 fully saturated rings. The third-order valence-electron chi connectivity index (χ3n) is 6.03. The van der Waals surface area contributed by atoms with Gasteiger partial charge in [-0.1, -0.05) is 6.07 Å². The predicted octanol–water partition coefficient (Wildman–Crippen LogP) is 3.41. The minimum absolute atomic E-state index is 0.200. The number of imidazole rings is 1. The molecule has 1 aliphatic rings. The number of nitrogens with zero attached hydrogens (tertiary/aromatic N) is 4. The second kappa shape index (κ2) is 8.54. The Kier molecular flexibility index (Phi) is 5.58. The molecule has 8 heteroatoms. The minimum atomic E-state index is 0.200. The lowest BCUT2D eigenvalue weighted by Gasteiger charge is -2.40. The van der Waals surface area contributed by atoms with Crippen molar-refractivity contribution in [2.45, 2.75) is 25.7 Å². The van der Waals surface area contributed by atoms with Gasteiger partial charge in [-0.25, -0.2) is 4.98 Å². The molecule has 0 amide bonds. The average Bonchev–Trinajstić information content (AvgIpc) is 3.38. The molecule has 2 N–H and O–H groups in total. The molecule has 1 aliphatic heterocycles. The first-order valence-corrected chi connectivity index (χ1v) is 11.0. The second-order valence-corrected chi connectivity index (χ2v) is 8.89. The Hall–Kier alpha value is -2.94. The van der Waals surface area contributed by atoms with Gasteiger partial charge in [0.1, 0.15) is 5.69 Å². The van der Waals surface area contributed by atoms with E-state index < -0.39 is 0 Å². The summed E-state index contributed by atoms with van der Waals surface area (Å²) >= 11 is 0. The zero-order valence-electron chi connectivity index (χ0n) is 19.1. The van der Waals surface area contributed by atoms with Gasteiger partial charge in [-0.15, -0.1) is 0 Å². The molecule has 0 spiro atoms. The van der Waals surface area contributed by atoms with Crippen molar-refractivity contribution in [1.29, 1.82) is 0 Å². The Morgan fingerprint density at radius 3 is 2.88 bits per heavy atom. The van der Waals surface area contributed by atoms with Gasteiger partial charge in [0.25, 0.3) is 0 Å². The number of anilines is 1. The molecule has 2 unspecified atom stereocenters. The van der Waals surface area contributed by atoms with Crippen LogP contribution in [-0.4, -0.2) is 78.1 Å². The highest BCUT2D eigenvalue weighted by molar-refractivity contribution is 5.93. The SMILES string of the molecule is COCc1ccc2[nH]nc(-c3nc4ccc(N5CC(CN(C)C)OCC5C)cc4[nH]3)c2c1. The average molecular weight is 435 g/mol. The van der Waals surface area contributed by atoms with Gasteiger partial charge in [0.2, 0.25) is 0 Å². The van der Waals surface area contributed by atoms with Gasteiger partial charge in [-0.2, -0.15) is 5.10 Å². The summed E-state index contributed by atoms with van der Waals surface area (Å²) in [6, 6.07) is 12.9. The molecular formula is C24H30N6O2. The van der Waals surface area contributed by atoms with E-state index in [1.807, 2.05) is 12.1 Å². The van der Waals surface area contributed by atoms with Crippen LogP contribution in [0.3, 0.4) is 0 Å². The van der Waals surface area contributed by atoms with Gasteiger partial charge >= 0.3 is 0 Å². The van der Waals surface area contributed by atoms with E-state index in [0.29, 0.717) is 12.6 Å². The number of benzene rings is 2. The third kappa shape index (κ3) is 3.97. The number of hydrogen-bond acceptors (Lipinski definition) is 6. The summed E-state index contributed by atoms with van der Waals surface area (Å²) in [6.07, 6.45) is 0.200. The van der Waals surface area contributed by atoms with Crippen LogP contribution in [0.5, 0.6) is 0 Å². The number of rotatable bonds is 6. The molecule has 4 aromatic rings. The number of hydrogen-bond donors (Lipinski definition) is 2. The quantitative estimate of drug-likeness (QED) is 0.484. The Morgan fingerprint density at radius 2 is 2.06 bits per heavy atom. The molecular weight excluding hydrogens is 404 g/mol. The van der Waals surface area contributed by atoms with Crippen molar-refractivity contribution in [3.05, 3.63) is 42.0 Å². The first-order valence-electron chi connectivity index (χ1n) is 11.0. The summed E-state index contributed by atoms with van der Waals surface area (Å²) in [6.45, 7) is 5.29. The van der Waals surface area contributed by atoms with E-state index in [9.17, 15) is 0 Å². The fourth-order valence-electron chi connectivity index (χ4n) is 4.48. The van der Waals surface area contributed by atoms with E-state index in [4.69, 9.17) is 14.5 Å². The van der Waals surface area contributed by atoms with Crippen molar-refractivity contribution >= 4 is 27.6 Å². The fourth-order valence-corrected chi connectivity index (χ4v) is 4.48. The van der Waals surface area contributed by atoms with Gasteiger partial charge in [0.05, 0.1) is 35.9 Å². The third-order valence-corrected chi connectivity index (χ3v) is 6.03.